The predicted molar refractivity (Wildman–Crippen MR) is 95.8 cm³/mol. The van der Waals surface area contributed by atoms with Crippen molar-refractivity contribution in [3.05, 3.63) is 70.5 Å². The van der Waals surface area contributed by atoms with E-state index < -0.39 is 23.8 Å². The lowest BCUT2D eigenvalue weighted by Gasteiger charge is -2.13. The third kappa shape index (κ3) is 5.72. The summed E-state index contributed by atoms with van der Waals surface area (Å²) >= 11 is 5.84. The molecule has 0 radical (unpaired) electrons. The van der Waals surface area contributed by atoms with Crippen LogP contribution in [0.25, 0.3) is 6.08 Å². The lowest BCUT2D eigenvalue weighted by Crippen LogP contribution is -2.29. The van der Waals surface area contributed by atoms with Gasteiger partial charge in [0.1, 0.15) is 5.82 Å². The van der Waals surface area contributed by atoms with Crippen LogP contribution in [-0.4, -0.2) is 18.0 Å². The summed E-state index contributed by atoms with van der Waals surface area (Å²) in [6.07, 6.45) is 1.83. The van der Waals surface area contributed by atoms with Gasteiger partial charge in [-0.1, -0.05) is 41.4 Å². The largest absolute Gasteiger partial charge is 0.449 e. The lowest BCUT2D eigenvalue weighted by molar-refractivity contribution is -0.148. The minimum atomic E-state index is -1.03. The Kier molecular flexibility index (Phi) is 6.31. The molecule has 0 aliphatic rings. The van der Waals surface area contributed by atoms with Gasteiger partial charge in [-0.05, 0) is 43.7 Å². The fourth-order valence-corrected chi connectivity index (χ4v) is 2.24. The fraction of sp³-hybridized carbons (Fsp3) is 0.158. The van der Waals surface area contributed by atoms with Gasteiger partial charge in [-0.2, -0.15) is 0 Å². The summed E-state index contributed by atoms with van der Waals surface area (Å²) in [5, 5.41) is 2.55. The highest BCUT2D eigenvalue weighted by Crippen LogP contribution is 2.22. The molecule has 25 heavy (non-hydrogen) atoms. The number of anilines is 1. The Hall–Kier alpha value is -2.66. The van der Waals surface area contributed by atoms with Crippen LogP contribution < -0.4 is 5.32 Å². The molecule has 0 saturated carbocycles. The minimum Gasteiger partial charge on any atom is -0.449 e. The van der Waals surface area contributed by atoms with Gasteiger partial charge in [-0.15, -0.1) is 0 Å². The minimum absolute atomic E-state index is 0.0613. The van der Waals surface area contributed by atoms with Crippen LogP contribution in [0.2, 0.25) is 5.02 Å². The van der Waals surface area contributed by atoms with E-state index in [4.69, 9.17) is 16.3 Å². The van der Waals surface area contributed by atoms with E-state index in [0.29, 0.717) is 0 Å². The summed E-state index contributed by atoms with van der Waals surface area (Å²) in [5.74, 6) is -1.72. The first-order valence-electron chi connectivity index (χ1n) is 7.56. The molecule has 130 valence electrons. The van der Waals surface area contributed by atoms with Crippen LogP contribution in [0, 0.1) is 12.7 Å². The summed E-state index contributed by atoms with van der Waals surface area (Å²) in [6, 6.07) is 11.2. The zero-order valence-corrected chi connectivity index (χ0v) is 14.5. The molecule has 0 heterocycles. The van der Waals surface area contributed by atoms with Crippen LogP contribution in [0.3, 0.4) is 0 Å². The van der Waals surface area contributed by atoms with E-state index in [9.17, 15) is 14.0 Å². The number of amides is 1. The number of halogens is 2. The Bertz CT molecular complexity index is 820. The van der Waals surface area contributed by atoms with Gasteiger partial charge in [0.25, 0.3) is 5.91 Å². The van der Waals surface area contributed by atoms with Crippen molar-refractivity contribution in [2.24, 2.45) is 0 Å². The van der Waals surface area contributed by atoms with E-state index >= 15 is 0 Å². The first kappa shape index (κ1) is 18.7. The van der Waals surface area contributed by atoms with Crippen LogP contribution in [0.15, 0.2) is 48.5 Å². The first-order valence-corrected chi connectivity index (χ1v) is 7.94. The second kappa shape index (κ2) is 8.44. The highest BCUT2D eigenvalue weighted by molar-refractivity contribution is 6.33. The number of hydrogen-bond acceptors (Lipinski definition) is 3. The van der Waals surface area contributed by atoms with Gasteiger partial charge in [0, 0.05) is 6.08 Å². The normalized spacial score (nSPS) is 12.0. The molecule has 6 heteroatoms. The predicted octanol–water partition coefficient (Wildman–Crippen LogP) is 4.37. The van der Waals surface area contributed by atoms with Gasteiger partial charge >= 0.3 is 5.97 Å². The number of carbonyl (C=O) groups excluding carboxylic acids is 2. The SMILES string of the molecule is Cc1cccc(/C=C/C(=O)O[C@H](C)C(=O)Nc2ccc(F)cc2Cl)c1. The Labute approximate surface area is 150 Å². The van der Waals surface area contributed by atoms with E-state index in [2.05, 4.69) is 5.32 Å². The second-order valence-corrected chi connectivity index (χ2v) is 5.85. The number of hydrogen-bond donors (Lipinski definition) is 1. The maximum absolute atomic E-state index is 13.0. The molecule has 0 spiro atoms. The lowest BCUT2D eigenvalue weighted by atomic mass is 10.1. The zero-order valence-electron chi connectivity index (χ0n) is 13.8. The van der Waals surface area contributed by atoms with E-state index in [1.807, 2.05) is 31.2 Å². The molecular weight excluding hydrogens is 345 g/mol. The van der Waals surface area contributed by atoms with E-state index in [0.717, 1.165) is 17.2 Å². The van der Waals surface area contributed by atoms with Crippen LogP contribution in [0.4, 0.5) is 10.1 Å². The second-order valence-electron chi connectivity index (χ2n) is 5.44. The highest BCUT2D eigenvalue weighted by atomic mass is 35.5. The molecule has 1 N–H and O–H groups in total. The van der Waals surface area contributed by atoms with Crippen molar-refractivity contribution in [3.63, 3.8) is 0 Å². The Morgan fingerprint density at radius 3 is 2.68 bits per heavy atom. The number of rotatable bonds is 5. The van der Waals surface area contributed by atoms with Gasteiger partial charge < -0.3 is 10.1 Å². The quantitative estimate of drug-likeness (QED) is 0.635. The summed E-state index contributed by atoms with van der Waals surface area (Å²) < 4.78 is 18.0. The molecule has 2 rings (SSSR count). The van der Waals surface area contributed by atoms with E-state index in [1.165, 1.54) is 25.1 Å². The molecule has 0 unspecified atom stereocenters. The Morgan fingerprint density at radius 2 is 2.00 bits per heavy atom. The van der Waals surface area contributed by atoms with Crippen molar-refractivity contribution >= 4 is 35.2 Å². The van der Waals surface area contributed by atoms with Gasteiger partial charge in [0.15, 0.2) is 6.10 Å². The third-order valence-corrected chi connectivity index (χ3v) is 3.62. The van der Waals surface area contributed by atoms with Crippen LogP contribution in [0.5, 0.6) is 0 Å². The standard InChI is InChI=1S/C19H17ClFNO3/c1-12-4-3-5-14(10-12)6-9-18(23)25-13(2)19(24)22-17-8-7-15(21)11-16(17)20/h3-11,13H,1-2H3,(H,22,24)/b9-6+/t13-/m1/s1. The molecule has 0 aromatic heterocycles. The van der Waals surface area contributed by atoms with Crippen molar-refractivity contribution in [1.29, 1.82) is 0 Å². The smallest absolute Gasteiger partial charge is 0.331 e. The molecule has 0 saturated heterocycles. The zero-order chi connectivity index (χ0) is 18.4. The van der Waals surface area contributed by atoms with Gasteiger partial charge in [-0.3, -0.25) is 4.79 Å². The summed E-state index contributed by atoms with van der Waals surface area (Å²) in [5.41, 5.74) is 2.16. The first-order chi connectivity index (χ1) is 11.8. The van der Waals surface area contributed by atoms with Crippen LogP contribution >= 0.6 is 11.6 Å². The van der Waals surface area contributed by atoms with Crippen molar-refractivity contribution in [2.75, 3.05) is 5.32 Å². The van der Waals surface area contributed by atoms with Crippen LogP contribution in [-0.2, 0) is 14.3 Å². The number of aryl methyl sites for hydroxylation is 1. The van der Waals surface area contributed by atoms with E-state index in [-0.39, 0.29) is 10.7 Å². The monoisotopic (exact) mass is 361 g/mol. The maximum atomic E-state index is 13.0. The molecule has 2 aromatic rings. The average Bonchev–Trinajstić information content (AvgIpc) is 2.55. The van der Waals surface area contributed by atoms with Gasteiger partial charge in [-0.25, -0.2) is 9.18 Å². The Morgan fingerprint density at radius 1 is 1.24 bits per heavy atom. The van der Waals surface area contributed by atoms with Crippen LogP contribution in [0.1, 0.15) is 18.1 Å². The summed E-state index contributed by atoms with van der Waals surface area (Å²) in [4.78, 5) is 23.9. The highest BCUT2D eigenvalue weighted by Gasteiger charge is 2.17. The number of benzene rings is 2. The Balaban J connectivity index is 1.92. The molecule has 0 bridgehead atoms. The van der Waals surface area contributed by atoms with Crippen molar-refractivity contribution in [2.45, 2.75) is 20.0 Å². The van der Waals surface area contributed by atoms with Gasteiger partial charge in [0.05, 0.1) is 10.7 Å². The van der Waals surface area contributed by atoms with Gasteiger partial charge in [0.2, 0.25) is 0 Å². The molecule has 2 aromatic carbocycles. The fourth-order valence-electron chi connectivity index (χ4n) is 2.03. The number of ether oxygens (including phenoxy) is 1. The molecule has 0 aliphatic carbocycles. The van der Waals surface area contributed by atoms with E-state index in [1.54, 1.807) is 6.08 Å². The third-order valence-electron chi connectivity index (χ3n) is 3.31. The summed E-state index contributed by atoms with van der Waals surface area (Å²) in [7, 11) is 0. The molecule has 0 aliphatic heterocycles. The molecule has 0 fully saturated rings. The van der Waals surface area contributed by atoms with Crippen molar-refractivity contribution in [3.8, 4) is 0 Å². The molecule has 4 nitrogen and oxygen atoms in total. The molecule has 1 atom stereocenters. The molecule has 1 amide bonds. The maximum Gasteiger partial charge on any atom is 0.331 e. The number of carbonyl (C=O) groups is 2. The molecular formula is C19H17ClFNO3. The summed E-state index contributed by atoms with van der Waals surface area (Å²) in [6.45, 7) is 3.38. The number of nitrogens with one attached hydrogen (secondary N) is 1. The number of esters is 1. The average molecular weight is 362 g/mol. The van der Waals surface area contributed by atoms with Crippen molar-refractivity contribution < 1.29 is 18.7 Å². The topological polar surface area (TPSA) is 55.4 Å². The van der Waals surface area contributed by atoms with Crippen molar-refractivity contribution in [1.82, 2.24) is 0 Å².